The number of amides is 2. The first kappa shape index (κ1) is 30.3. The van der Waals surface area contributed by atoms with Crippen molar-refractivity contribution in [2.45, 2.75) is 19.3 Å². The average molecular weight is 613 g/mol. The van der Waals surface area contributed by atoms with Gasteiger partial charge in [-0.05, 0) is 73.9 Å². The third-order valence-corrected chi connectivity index (χ3v) is 8.86. The molecule has 0 spiro atoms. The van der Waals surface area contributed by atoms with Gasteiger partial charge in [-0.3, -0.25) is 14.6 Å². The van der Waals surface area contributed by atoms with Crippen molar-refractivity contribution < 1.29 is 28.2 Å². The lowest BCUT2D eigenvalue weighted by Gasteiger charge is -2.22. The van der Waals surface area contributed by atoms with Crippen LogP contribution < -0.4 is 24.8 Å². The highest BCUT2D eigenvalue weighted by Gasteiger charge is 2.39. The molecule has 2 fully saturated rings. The number of likely N-dealkylation sites (tertiary alicyclic amines) is 1. The van der Waals surface area contributed by atoms with Crippen molar-refractivity contribution in [3.05, 3.63) is 84.3 Å². The fraction of sp³-hybridized carbons (Fsp3) is 0.343. The third kappa shape index (κ3) is 6.71. The molecule has 2 unspecified atom stereocenters. The van der Waals surface area contributed by atoms with Crippen LogP contribution >= 0.6 is 0 Å². The van der Waals surface area contributed by atoms with Crippen molar-refractivity contribution in [2.24, 2.45) is 23.5 Å². The number of hydrogen-bond acceptors (Lipinski definition) is 7. The normalized spacial score (nSPS) is 19.3. The second-order valence-corrected chi connectivity index (χ2v) is 12.0. The molecule has 2 aliphatic rings. The number of hydrogen-bond donors (Lipinski definition) is 1. The molecule has 2 amide bonds. The number of aromatic nitrogens is 1. The molecule has 0 bridgehead atoms. The Labute approximate surface area is 261 Å². The van der Waals surface area contributed by atoms with Gasteiger partial charge in [0.1, 0.15) is 5.75 Å². The zero-order valence-electron chi connectivity index (χ0n) is 25.4. The van der Waals surface area contributed by atoms with Gasteiger partial charge >= 0.3 is 11.8 Å². The summed E-state index contributed by atoms with van der Waals surface area (Å²) in [6.45, 7) is 3.08. The summed E-state index contributed by atoms with van der Waals surface area (Å²) in [6, 6.07) is 18.8. The van der Waals surface area contributed by atoms with Gasteiger partial charge in [0.25, 0.3) is 0 Å². The lowest BCUT2D eigenvalue weighted by Crippen LogP contribution is -2.41. The maximum absolute atomic E-state index is 15.4. The number of pyridine rings is 1. The van der Waals surface area contributed by atoms with Crippen LogP contribution in [-0.4, -0.2) is 62.1 Å². The topological polar surface area (TPSA) is 107 Å². The second-order valence-electron chi connectivity index (χ2n) is 12.0. The summed E-state index contributed by atoms with van der Waals surface area (Å²) >= 11 is 0. The Morgan fingerprint density at radius 2 is 1.73 bits per heavy atom. The first-order valence-corrected chi connectivity index (χ1v) is 15.2. The number of methoxy groups -OCH3 is 1. The Bertz CT molecular complexity index is 1690. The number of fused-ring (bicyclic) bond motifs is 2. The molecule has 2 heterocycles. The molecule has 1 aliphatic heterocycles. The van der Waals surface area contributed by atoms with E-state index in [0.29, 0.717) is 47.1 Å². The van der Waals surface area contributed by atoms with E-state index in [-0.39, 0.29) is 18.0 Å². The Morgan fingerprint density at radius 3 is 2.42 bits per heavy atom. The predicted molar refractivity (Wildman–Crippen MR) is 169 cm³/mol. The van der Waals surface area contributed by atoms with E-state index < -0.39 is 17.6 Å². The summed E-state index contributed by atoms with van der Waals surface area (Å²) in [4.78, 5) is 32.5. The Hall–Kier alpha value is -4.70. The van der Waals surface area contributed by atoms with Crippen LogP contribution in [0.2, 0.25) is 0 Å². The minimum atomic E-state index is -1.12. The van der Waals surface area contributed by atoms with Crippen molar-refractivity contribution >= 4 is 28.4 Å². The van der Waals surface area contributed by atoms with Crippen LogP contribution in [-0.2, 0) is 16.0 Å². The molecule has 1 saturated heterocycles. The van der Waals surface area contributed by atoms with E-state index >= 15 is 4.39 Å². The summed E-state index contributed by atoms with van der Waals surface area (Å²) in [5.41, 5.74) is 7.07. The number of primary amides is 1. The zero-order chi connectivity index (χ0) is 31.5. The molecular weight excluding hydrogens is 575 g/mol. The van der Waals surface area contributed by atoms with Gasteiger partial charge in [0.05, 0.1) is 19.2 Å². The number of nitrogens with zero attached hydrogens (tertiary/aromatic N) is 3. The van der Waals surface area contributed by atoms with Gasteiger partial charge in [0.15, 0.2) is 23.1 Å². The summed E-state index contributed by atoms with van der Waals surface area (Å²) in [5.74, 6) is 0.709. The van der Waals surface area contributed by atoms with Crippen LogP contribution in [0.25, 0.3) is 10.9 Å². The molecule has 0 radical (unpaired) electrons. The number of ether oxygens (including phenoxy) is 3. The molecule has 1 aliphatic carbocycles. The summed E-state index contributed by atoms with van der Waals surface area (Å²) < 4.78 is 33.4. The highest BCUT2D eigenvalue weighted by molar-refractivity contribution is 6.39. The number of anilines is 1. The fourth-order valence-electron chi connectivity index (χ4n) is 6.72. The molecular formula is C35H37FN4O5. The molecule has 2 atom stereocenters. The minimum absolute atomic E-state index is 0.0579. The largest absolute Gasteiger partial charge is 0.493 e. The van der Waals surface area contributed by atoms with Crippen LogP contribution in [0, 0.1) is 23.6 Å². The lowest BCUT2D eigenvalue weighted by molar-refractivity contribution is -0.135. The molecule has 1 aromatic heterocycles. The van der Waals surface area contributed by atoms with E-state index in [4.69, 9.17) is 19.9 Å². The van der Waals surface area contributed by atoms with Gasteiger partial charge in [-0.2, -0.15) is 0 Å². The number of carbonyl (C=O) groups excluding carboxylic acids is 2. The number of rotatable bonds is 10. The van der Waals surface area contributed by atoms with Crippen LogP contribution in [0.4, 0.5) is 10.1 Å². The van der Waals surface area contributed by atoms with Crippen molar-refractivity contribution in [1.82, 2.24) is 9.88 Å². The SMILES string of the molecule is COc1cc2c(Oc3ccc(N(CCc4ccccc4)C(=O)C(N)=O)cc3F)ccnc2cc1OCC1CC2CN(C)CC2C1. The molecule has 234 valence electrons. The zero-order valence-corrected chi connectivity index (χ0v) is 25.4. The van der Waals surface area contributed by atoms with Crippen LogP contribution in [0.3, 0.4) is 0 Å². The molecule has 9 nitrogen and oxygen atoms in total. The van der Waals surface area contributed by atoms with Crippen molar-refractivity contribution in [2.75, 3.05) is 45.3 Å². The first-order chi connectivity index (χ1) is 21.8. The smallest absolute Gasteiger partial charge is 0.316 e. The lowest BCUT2D eigenvalue weighted by atomic mass is 10.0. The van der Waals surface area contributed by atoms with Crippen molar-refractivity contribution in [1.29, 1.82) is 0 Å². The molecule has 3 aromatic carbocycles. The highest BCUT2D eigenvalue weighted by atomic mass is 19.1. The van der Waals surface area contributed by atoms with Gasteiger partial charge in [-0.15, -0.1) is 0 Å². The van der Waals surface area contributed by atoms with Crippen molar-refractivity contribution in [3.63, 3.8) is 0 Å². The molecule has 1 saturated carbocycles. The van der Waals surface area contributed by atoms with Crippen LogP contribution in [0.15, 0.2) is 72.9 Å². The summed E-state index contributed by atoms with van der Waals surface area (Å²) in [5, 5.41) is 0.622. The van der Waals surface area contributed by atoms with Gasteiger partial charge in [-0.1, -0.05) is 30.3 Å². The van der Waals surface area contributed by atoms with Gasteiger partial charge in [0.2, 0.25) is 0 Å². The Balaban J connectivity index is 1.19. The predicted octanol–water partition coefficient (Wildman–Crippen LogP) is 5.20. The van der Waals surface area contributed by atoms with Gasteiger partial charge in [0, 0.05) is 49.0 Å². The van der Waals surface area contributed by atoms with E-state index in [0.717, 1.165) is 36.6 Å². The Morgan fingerprint density at radius 1 is 0.978 bits per heavy atom. The van der Waals surface area contributed by atoms with Crippen LogP contribution in [0.1, 0.15) is 18.4 Å². The molecule has 2 N–H and O–H groups in total. The summed E-state index contributed by atoms with van der Waals surface area (Å²) in [6.07, 6.45) is 4.39. The number of benzene rings is 3. The first-order valence-electron chi connectivity index (χ1n) is 15.2. The van der Waals surface area contributed by atoms with E-state index in [9.17, 15) is 9.59 Å². The van der Waals surface area contributed by atoms with Crippen LogP contribution in [0.5, 0.6) is 23.0 Å². The standard InChI is InChI=1S/C35H37FN4O5/c1-39-19-24-14-23(15-25(24)20-39)21-44-33-18-29-27(17-32(33)43-2)30(10-12-38-29)45-31-9-8-26(16-28(31)36)40(35(42)34(37)41)13-11-22-6-4-3-5-7-22/h3-10,12,16-18,23-25H,11,13-15,19-21H2,1-2H3,(H2,37,41). The molecule has 4 aromatic rings. The second kappa shape index (κ2) is 13.1. The number of carbonyl (C=O) groups is 2. The van der Waals surface area contributed by atoms with Gasteiger partial charge < -0.3 is 29.7 Å². The van der Waals surface area contributed by atoms with E-state index in [2.05, 4.69) is 16.9 Å². The summed E-state index contributed by atoms with van der Waals surface area (Å²) in [7, 11) is 3.77. The molecule has 6 rings (SSSR count). The number of halogens is 1. The average Bonchev–Trinajstić information content (AvgIpc) is 3.58. The minimum Gasteiger partial charge on any atom is -0.493 e. The van der Waals surface area contributed by atoms with Gasteiger partial charge in [-0.25, -0.2) is 4.39 Å². The quantitative estimate of drug-likeness (QED) is 0.245. The maximum Gasteiger partial charge on any atom is 0.316 e. The monoisotopic (exact) mass is 612 g/mol. The fourth-order valence-corrected chi connectivity index (χ4v) is 6.72. The van der Waals surface area contributed by atoms with E-state index in [1.807, 2.05) is 36.4 Å². The maximum atomic E-state index is 15.4. The Kier molecular flexibility index (Phi) is 8.84. The molecule has 10 heteroatoms. The van der Waals surface area contributed by atoms with E-state index in [1.165, 1.54) is 29.9 Å². The molecule has 45 heavy (non-hydrogen) atoms. The number of nitrogens with two attached hydrogens (primary N) is 1. The third-order valence-electron chi connectivity index (χ3n) is 8.86. The van der Waals surface area contributed by atoms with Crippen molar-refractivity contribution in [3.8, 4) is 23.0 Å². The van der Waals surface area contributed by atoms with E-state index in [1.54, 1.807) is 25.4 Å². The highest BCUT2D eigenvalue weighted by Crippen LogP contribution is 2.42.